The van der Waals surface area contributed by atoms with Gasteiger partial charge in [0, 0.05) is 19.7 Å². The van der Waals surface area contributed by atoms with Gasteiger partial charge >= 0.3 is 0 Å². The van der Waals surface area contributed by atoms with Crippen LogP contribution < -0.4 is 10.0 Å². The van der Waals surface area contributed by atoms with Gasteiger partial charge in [0.15, 0.2) is 0 Å². The predicted molar refractivity (Wildman–Crippen MR) is 68.5 cm³/mol. The van der Waals surface area contributed by atoms with Crippen molar-refractivity contribution in [3.05, 3.63) is 0 Å². The molecule has 1 saturated heterocycles. The number of rotatable bonds is 6. The Morgan fingerprint density at radius 3 is 2.76 bits per heavy atom. The van der Waals surface area contributed by atoms with Gasteiger partial charge in [-0.2, -0.15) is 0 Å². The van der Waals surface area contributed by atoms with Crippen molar-refractivity contribution in [2.45, 2.75) is 32.7 Å². The lowest BCUT2D eigenvalue weighted by atomic mass is 9.78. The summed E-state index contributed by atoms with van der Waals surface area (Å²) in [4.78, 5) is 0. The summed E-state index contributed by atoms with van der Waals surface area (Å²) in [7, 11) is -1.71. The Labute approximate surface area is 104 Å². The van der Waals surface area contributed by atoms with Gasteiger partial charge in [-0.15, -0.1) is 0 Å². The first-order valence-corrected chi connectivity index (χ1v) is 7.72. The minimum Gasteiger partial charge on any atom is -0.384 e. The van der Waals surface area contributed by atoms with Crippen molar-refractivity contribution >= 4 is 10.0 Å². The Balaban J connectivity index is 2.44. The molecule has 0 amide bonds. The molecule has 17 heavy (non-hydrogen) atoms. The first-order chi connectivity index (χ1) is 7.87. The Morgan fingerprint density at radius 1 is 1.47 bits per heavy atom. The van der Waals surface area contributed by atoms with E-state index in [4.69, 9.17) is 4.74 Å². The fourth-order valence-electron chi connectivity index (χ4n) is 2.09. The van der Waals surface area contributed by atoms with Gasteiger partial charge in [-0.3, -0.25) is 0 Å². The number of hydrogen-bond donors (Lipinski definition) is 2. The van der Waals surface area contributed by atoms with Crippen LogP contribution in [0.25, 0.3) is 0 Å². The van der Waals surface area contributed by atoms with Gasteiger partial charge in [0.25, 0.3) is 0 Å². The average Bonchev–Trinajstić information content (AvgIpc) is 2.24. The van der Waals surface area contributed by atoms with Crippen molar-refractivity contribution in [1.82, 2.24) is 10.0 Å². The average molecular weight is 264 g/mol. The number of hydrogen-bond acceptors (Lipinski definition) is 4. The zero-order valence-electron chi connectivity index (χ0n) is 11.0. The van der Waals surface area contributed by atoms with E-state index in [1.165, 1.54) is 7.11 Å². The van der Waals surface area contributed by atoms with E-state index in [1.54, 1.807) is 0 Å². The molecule has 0 bridgehead atoms. The van der Waals surface area contributed by atoms with Gasteiger partial charge in [0.05, 0.1) is 12.4 Å². The second-order valence-electron chi connectivity index (χ2n) is 5.26. The lowest BCUT2D eigenvalue weighted by Gasteiger charge is -2.39. The first-order valence-electron chi connectivity index (χ1n) is 6.07. The fourth-order valence-corrected chi connectivity index (χ4v) is 3.05. The molecule has 0 aromatic heterocycles. The molecule has 0 spiro atoms. The van der Waals surface area contributed by atoms with Crippen LogP contribution in [0.5, 0.6) is 0 Å². The number of piperidine rings is 1. The maximum Gasteiger partial charge on any atom is 0.213 e. The third-order valence-electron chi connectivity index (χ3n) is 3.40. The van der Waals surface area contributed by atoms with Crippen molar-refractivity contribution in [2.75, 3.05) is 32.6 Å². The zero-order chi connectivity index (χ0) is 12.9. The molecule has 1 rings (SSSR count). The summed E-state index contributed by atoms with van der Waals surface area (Å²) < 4.78 is 30.7. The van der Waals surface area contributed by atoms with E-state index in [0.717, 1.165) is 19.4 Å². The maximum atomic E-state index is 11.6. The molecule has 0 aromatic rings. The van der Waals surface area contributed by atoms with E-state index < -0.39 is 10.0 Å². The lowest BCUT2D eigenvalue weighted by molar-refractivity contribution is 0.181. The van der Waals surface area contributed by atoms with Crippen LogP contribution in [-0.2, 0) is 14.8 Å². The third kappa shape index (κ3) is 4.91. The molecule has 1 aliphatic heterocycles. The van der Waals surface area contributed by atoms with Crippen molar-refractivity contribution in [1.29, 1.82) is 0 Å². The van der Waals surface area contributed by atoms with Crippen LogP contribution >= 0.6 is 0 Å². The van der Waals surface area contributed by atoms with Crippen molar-refractivity contribution in [2.24, 2.45) is 5.41 Å². The van der Waals surface area contributed by atoms with E-state index >= 15 is 0 Å². The van der Waals surface area contributed by atoms with E-state index in [-0.39, 0.29) is 23.8 Å². The molecular weight excluding hydrogens is 240 g/mol. The van der Waals surface area contributed by atoms with Crippen LogP contribution in [0, 0.1) is 5.41 Å². The molecule has 1 fully saturated rings. The van der Waals surface area contributed by atoms with Gasteiger partial charge < -0.3 is 10.1 Å². The van der Waals surface area contributed by atoms with Gasteiger partial charge in [-0.05, 0) is 24.8 Å². The molecule has 1 atom stereocenters. The zero-order valence-corrected chi connectivity index (χ0v) is 11.8. The summed E-state index contributed by atoms with van der Waals surface area (Å²) in [5.74, 6) is 0.0245. The molecule has 2 N–H and O–H groups in total. The molecule has 0 saturated carbocycles. The second kappa shape index (κ2) is 6.13. The minimum atomic E-state index is -3.21. The van der Waals surface area contributed by atoms with Crippen LogP contribution in [0.15, 0.2) is 0 Å². The standard InChI is InChI=1S/C11H24N2O3S/c1-11(2)5-4-6-12-10(11)9-13-17(14,15)8-7-16-3/h10,12-13H,4-9H2,1-3H3. The topological polar surface area (TPSA) is 67.4 Å². The summed E-state index contributed by atoms with van der Waals surface area (Å²) in [5.41, 5.74) is 0.141. The van der Waals surface area contributed by atoms with E-state index in [1.807, 2.05) is 0 Å². The number of sulfonamides is 1. The smallest absolute Gasteiger partial charge is 0.213 e. The van der Waals surface area contributed by atoms with Crippen molar-refractivity contribution < 1.29 is 13.2 Å². The lowest BCUT2D eigenvalue weighted by Crippen LogP contribution is -2.53. The van der Waals surface area contributed by atoms with Crippen LogP contribution in [-0.4, -0.2) is 47.0 Å². The monoisotopic (exact) mass is 264 g/mol. The van der Waals surface area contributed by atoms with E-state index in [0.29, 0.717) is 6.54 Å². The molecule has 1 heterocycles. The van der Waals surface area contributed by atoms with Crippen LogP contribution in [0.2, 0.25) is 0 Å². The third-order valence-corrected chi connectivity index (χ3v) is 4.71. The second-order valence-corrected chi connectivity index (χ2v) is 7.19. The Morgan fingerprint density at radius 2 is 2.18 bits per heavy atom. The van der Waals surface area contributed by atoms with E-state index in [9.17, 15) is 8.42 Å². The summed E-state index contributed by atoms with van der Waals surface area (Å²) in [5, 5.41) is 3.38. The van der Waals surface area contributed by atoms with Gasteiger partial charge in [-0.1, -0.05) is 13.8 Å². The quantitative estimate of drug-likeness (QED) is 0.725. The normalized spacial score (nSPS) is 24.8. The predicted octanol–water partition coefficient (Wildman–Crippen LogP) is 0.330. The fraction of sp³-hybridized carbons (Fsp3) is 1.00. The number of nitrogens with one attached hydrogen (secondary N) is 2. The summed E-state index contributed by atoms with van der Waals surface area (Å²) in [6.45, 7) is 6.00. The molecule has 6 heteroatoms. The molecule has 0 aliphatic carbocycles. The summed E-state index contributed by atoms with van der Waals surface area (Å²) in [6, 6.07) is 0.202. The number of methoxy groups -OCH3 is 1. The van der Waals surface area contributed by atoms with Gasteiger partial charge in [0.1, 0.15) is 0 Å². The largest absolute Gasteiger partial charge is 0.384 e. The number of ether oxygens (including phenoxy) is 1. The molecule has 1 aliphatic rings. The van der Waals surface area contributed by atoms with Gasteiger partial charge in [-0.25, -0.2) is 13.1 Å². The van der Waals surface area contributed by atoms with Crippen molar-refractivity contribution in [3.63, 3.8) is 0 Å². The highest BCUT2D eigenvalue weighted by molar-refractivity contribution is 7.89. The Bertz CT molecular complexity index is 328. The van der Waals surface area contributed by atoms with Crippen LogP contribution in [0.3, 0.4) is 0 Å². The highest BCUT2D eigenvalue weighted by Gasteiger charge is 2.32. The Kier molecular flexibility index (Phi) is 5.37. The maximum absolute atomic E-state index is 11.6. The van der Waals surface area contributed by atoms with Crippen molar-refractivity contribution in [3.8, 4) is 0 Å². The first kappa shape index (κ1) is 14.9. The van der Waals surface area contributed by atoms with Crippen LogP contribution in [0.1, 0.15) is 26.7 Å². The minimum absolute atomic E-state index is 0.0245. The van der Waals surface area contributed by atoms with E-state index in [2.05, 4.69) is 23.9 Å². The molecule has 1 unspecified atom stereocenters. The van der Waals surface area contributed by atoms with Crippen LogP contribution in [0.4, 0.5) is 0 Å². The molecular formula is C11H24N2O3S. The SMILES string of the molecule is COCCS(=O)(=O)NCC1NCCCC1(C)C. The molecule has 102 valence electrons. The molecule has 5 nitrogen and oxygen atoms in total. The highest BCUT2D eigenvalue weighted by Crippen LogP contribution is 2.29. The molecule has 0 aromatic carbocycles. The summed E-state index contributed by atoms with van der Waals surface area (Å²) in [6.07, 6.45) is 2.28. The molecule has 0 radical (unpaired) electrons. The highest BCUT2D eigenvalue weighted by atomic mass is 32.2. The summed E-state index contributed by atoms with van der Waals surface area (Å²) >= 11 is 0. The van der Waals surface area contributed by atoms with Gasteiger partial charge in [0.2, 0.25) is 10.0 Å². The Hall–Kier alpha value is -0.170.